The second-order valence-electron chi connectivity index (χ2n) is 4.07. The number of hydrogen-bond donors (Lipinski definition) is 1. The van der Waals surface area contributed by atoms with Crippen molar-refractivity contribution in [1.82, 2.24) is 9.97 Å². The first kappa shape index (κ1) is 13.5. The van der Waals surface area contributed by atoms with E-state index >= 15 is 0 Å². The van der Waals surface area contributed by atoms with Gasteiger partial charge in [0.05, 0.1) is 5.56 Å². The lowest BCUT2D eigenvalue weighted by Crippen LogP contribution is -2.05. The van der Waals surface area contributed by atoms with Gasteiger partial charge in [0.25, 0.3) is 0 Å². The van der Waals surface area contributed by atoms with E-state index in [-0.39, 0.29) is 10.7 Å². The third-order valence-electron chi connectivity index (χ3n) is 2.84. The number of anilines is 1. The Morgan fingerprint density at radius 2 is 1.89 bits per heavy atom. The molecule has 0 radical (unpaired) electrons. The van der Waals surface area contributed by atoms with E-state index < -0.39 is 0 Å². The van der Waals surface area contributed by atoms with Crippen LogP contribution in [0, 0.1) is 0 Å². The molecule has 0 bridgehead atoms. The summed E-state index contributed by atoms with van der Waals surface area (Å²) in [6.07, 6.45) is 3.01. The highest BCUT2D eigenvalue weighted by molar-refractivity contribution is 6.32. The Labute approximate surface area is 116 Å². The van der Waals surface area contributed by atoms with E-state index in [0.29, 0.717) is 18.6 Å². The lowest BCUT2D eigenvalue weighted by Gasteiger charge is -2.08. The highest BCUT2D eigenvalue weighted by Crippen LogP contribution is 2.18. The number of benzene rings is 1. The minimum absolute atomic E-state index is 0.161. The Morgan fingerprint density at radius 1 is 1.21 bits per heavy atom. The molecule has 0 fully saturated rings. The van der Waals surface area contributed by atoms with Crippen LogP contribution >= 0.6 is 11.6 Å². The molecule has 98 valence electrons. The molecule has 1 aromatic heterocycles. The second-order valence-corrected chi connectivity index (χ2v) is 4.43. The Hall–Kier alpha value is -1.94. The van der Waals surface area contributed by atoms with Gasteiger partial charge in [0.2, 0.25) is 0 Å². The van der Waals surface area contributed by atoms with Crippen LogP contribution in [0.25, 0.3) is 0 Å². The van der Waals surface area contributed by atoms with Gasteiger partial charge in [-0.2, -0.15) is 0 Å². The van der Waals surface area contributed by atoms with Crippen molar-refractivity contribution in [1.29, 1.82) is 0 Å². The van der Waals surface area contributed by atoms with E-state index in [0.717, 1.165) is 12.0 Å². The van der Waals surface area contributed by atoms with Crippen LogP contribution in [0.1, 0.15) is 28.4 Å². The maximum absolute atomic E-state index is 10.9. The van der Waals surface area contributed by atoms with Crippen LogP contribution in [-0.4, -0.2) is 16.3 Å². The fourth-order valence-corrected chi connectivity index (χ4v) is 1.88. The molecule has 0 spiro atoms. The van der Waals surface area contributed by atoms with Gasteiger partial charge in [-0.3, -0.25) is 4.79 Å². The van der Waals surface area contributed by atoms with Gasteiger partial charge in [-0.1, -0.05) is 42.8 Å². The maximum Gasteiger partial charge on any atom is 0.156 e. The molecule has 0 aliphatic carbocycles. The molecule has 0 amide bonds. The summed E-state index contributed by atoms with van der Waals surface area (Å²) in [5.74, 6) is 0.453. The van der Waals surface area contributed by atoms with Crippen molar-refractivity contribution in [3.05, 3.63) is 52.4 Å². The molecule has 0 unspecified atom stereocenters. The lowest BCUT2D eigenvalue weighted by molar-refractivity contribution is 0.112. The van der Waals surface area contributed by atoms with Gasteiger partial charge in [-0.25, -0.2) is 9.97 Å². The van der Waals surface area contributed by atoms with Crippen LogP contribution in [-0.2, 0) is 13.0 Å². The summed E-state index contributed by atoms with van der Waals surface area (Å²) in [4.78, 5) is 18.7. The fraction of sp³-hybridized carbons (Fsp3) is 0.214. The molecule has 1 heterocycles. The summed E-state index contributed by atoms with van der Waals surface area (Å²) in [6.45, 7) is 2.70. The number of nitrogens with one attached hydrogen (secondary N) is 1. The van der Waals surface area contributed by atoms with E-state index in [2.05, 4.69) is 46.5 Å². The Morgan fingerprint density at radius 3 is 2.53 bits per heavy atom. The third kappa shape index (κ3) is 3.29. The number of aryl methyl sites for hydroxylation is 1. The minimum Gasteiger partial charge on any atom is -0.365 e. The standard InChI is InChI=1S/C14H14ClN3O/c1-2-10-3-5-11(6-4-10)7-16-14-12(8-19)13(15)17-9-18-14/h3-6,8-9H,2,7H2,1H3,(H,16,17,18). The first-order valence-electron chi connectivity index (χ1n) is 6.02. The molecule has 2 aromatic rings. The summed E-state index contributed by atoms with van der Waals surface area (Å²) in [6, 6.07) is 8.28. The highest BCUT2D eigenvalue weighted by Gasteiger charge is 2.08. The first-order valence-corrected chi connectivity index (χ1v) is 6.39. The predicted octanol–water partition coefficient (Wildman–Crippen LogP) is 3.12. The van der Waals surface area contributed by atoms with Crippen molar-refractivity contribution in [2.24, 2.45) is 0 Å². The third-order valence-corrected chi connectivity index (χ3v) is 3.15. The molecule has 0 aliphatic rings. The molecule has 1 aromatic carbocycles. The van der Waals surface area contributed by atoms with E-state index in [1.54, 1.807) is 0 Å². The van der Waals surface area contributed by atoms with Crippen molar-refractivity contribution in [2.45, 2.75) is 19.9 Å². The Kier molecular flexibility index (Phi) is 4.47. The molecule has 1 N–H and O–H groups in total. The largest absolute Gasteiger partial charge is 0.365 e. The molecule has 5 heteroatoms. The average Bonchev–Trinajstić information content (AvgIpc) is 2.45. The zero-order valence-corrected chi connectivity index (χ0v) is 11.3. The van der Waals surface area contributed by atoms with Crippen LogP contribution < -0.4 is 5.32 Å². The molecular weight excluding hydrogens is 262 g/mol. The normalized spacial score (nSPS) is 10.2. The molecule has 2 rings (SSSR count). The number of carbonyl (C=O) groups excluding carboxylic acids is 1. The van der Waals surface area contributed by atoms with Gasteiger partial charge in [-0.05, 0) is 17.5 Å². The number of hydrogen-bond acceptors (Lipinski definition) is 4. The quantitative estimate of drug-likeness (QED) is 0.673. The molecular formula is C14H14ClN3O. The predicted molar refractivity (Wildman–Crippen MR) is 75.6 cm³/mol. The molecule has 0 atom stereocenters. The topological polar surface area (TPSA) is 54.9 Å². The van der Waals surface area contributed by atoms with Crippen LogP contribution in [0.2, 0.25) is 5.15 Å². The molecule has 0 aliphatic heterocycles. The summed E-state index contributed by atoms with van der Waals surface area (Å²) >= 11 is 5.83. The minimum atomic E-state index is 0.161. The zero-order chi connectivity index (χ0) is 13.7. The molecule has 19 heavy (non-hydrogen) atoms. The highest BCUT2D eigenvalue weighted by atomic mass is 35.5. The van der Waals surface area contributed by atoms with Crippen molar-refractivity contribution in [3.8, 4) is 0 Å². The van der Waals surface area contributed by atoms with Gasteiger partial charge >= 0.3 is 0 Å². The van der Waals surface area contributed by atoms with E-state index in [1.807, 2.05) is 0 Å². The number of aromatic nitrogens is 2. The monoisotopic (exact) mass is 275 g/mol. The van der Waals surface area contributed by atoms with Gasteiger partial charge in [0.1, 0.15) is 17.3 Å². The van der Waals surface area contributed by atoms with E-state index in [9.17, 15) is 4.79 Å². The van der Waals surface area contributed by atoms with Crippen LogP contribution in [0.3, 0.4) is 0 Å². The van der Waals surface area contributed by atoms with E-state index in [4.69, 9.17) is 11.6 Å². The lowest BCUT2D eigenvalue weighted by atomic mass is 10.1. The number of halogens is 1. The van der Waals surface area contributed by atoms with Gasteiger partial charge in [-0.15, -0.1) is 0 Å². The maximum atomic E-state index is 10.9. The summed E-state index contributed by atoms with van der Waals surface area (Å²) in [7, 11) is 0. The number of aldehydes is 1. The average molecular weight is 276 g/mol. The summed E-state index contributed by atoms with van der Waals surface area (Å²) in [5.41, 5.74) is 2.69. The van der Waals surface area contributed by atoms with Gasteiger partial charge in [0, 0.05) is 6.54 Å². The summed E-state index contributed by atoms with van der Waals surface area (Å²) < 4.78 is 0. The second kappa shape index (κ2) is 6.29. The smallest absolute Gasteiger partial charge is 0.156 e. The van der Waals surface area contributed by atoms with Crippen LogP contribution in [0.5, 0.6) is 0 Å². The number of nitrogens with zero attached hydrogens (tertiary/aromatic N) is 2. The first-order chi connectivity index (χ1) is 9.24. The van der Waals surface area contributed by atoms with Crippen LogP contribution in [0.15, 0.2) is 30.6 Å². The molecule has 0 saturated carbocycles. The van der Waals surface area contributed by atoms with Crippen molar-refractivity contribution in [3.63, 3.8) is 0 Å². The SMILES string of the molecule is CCc1ccc(CNc2ncnc(Cl)c2C=O)cc1. The Bertz CT molecular complexity index is 569. The Balaban J connectivity index is 2.09. The fourth-order valence-electron chi connectivity index (χ4n) is 1.70. The van der Waals surface area contributed by atoms with Crippen molar-refractivity contribution >= 4 is 23.7 Å². The van der Waals surface area contributed by atoms with E-state index in [1.165, 1.54) is 11.9 Å². The van der Waals surface area contributed by atoms with Crippen molar-refractivity contribution in [2.75, 3.05) is 5.32 Å². The zero-order valence-electron chi connectivity index (χ0n) is 10.6. The number of carbonyl (C=O) groups is 1. The van der Waals surface area contributed by atoms with Crippen LogP contribution in [0.4, 0.5) is 5.82 Å². The van der Waals surface area contributed by atoms with Crippen molar-refractivity contribution < 1.29 is 4.79 Å². The van der Waals surface area contributed by atoms with Gasteiger partial charge < -0.3 is 5.32 Å². The molecule has 4 nitrogen and oxygen atoms in total. The number of rotatable bonds is 5. The van der Waals surface area contributed by atoms with Gasteiger partial charge in [0.15, 0.2) is 6.29 Å². The molecule has 0 saturated heterocycles. The summed E-state index contributed by atoms with van der Waals surface area (Å²) in [5, 5.41) is 3.25.